The lowest BCUT2D eigenvalue weighted by Gasteiger charge is -2.06. The minimum atomic E-state index is -3.90. The van der Waals surface area contributed by atoms with Crippen LogP contribution in [0.1, 0.15) is 0 Å². The van der Waals surface area contributed by atoms with Crippen LogP contribution in [0.15, 0.2) is 66.7 Å². The molecule has 26 heavy (non-hydrogen) atoms. The van der Waals surface area contributed by atoms with E-state index in [1.54, 1.807) is 32.3 Å². The maximum absolute atomic E-state index is 12.5. The molecule has 3 aromatic rings. The zero-order valence-electron chi connectivity index (χ0n) is 14.0. The van der Waals surface area contributed by atoms with Crippen LogP contribution in [-0.4, -0.2) is 43.9 Å². The van der Waals surface area contributed by atoms with Crippen molar-refractivity contribution in [3.63, 3.8) is 0 Å². The molecule has 0 aliphatic rings. The Morgan fingerprint density at radius 3 is 2.54 bits per heavy atom. The van der Waals surface area contributed by atoms with E-state index in [1.807, 2.05) is 24.3 Å². The Labute approximate surface area is 159 Å². The van der Waals surface area contributed by atoms with Crippen molar-refractivity contribution in [1.82, 2.24) is 15.1 Å². The summed E-state index contributed by atoms with van der Waals surface area (Å²) in [6, 6.07) is 13.8. The fourth-order valence-electron chi connectivity index (χ4n) is 2.15. The summed E-state index contributed by atoms with van der Waals surface area (Å²) >= 11 is 3.39. The molecule has 0 spiro atoms. The van der Waals surface area contributed by atoms with E-state index in [2.05, 4.69) is 30.5 Å². The van der Waals surface area contributed by atoms with Crippen molar-refractivity contribution in [2.75, 3.05) is 14.1 Å². The Morgan fingerprint density at radius 2 is 1.81 bits per heavy atom. The fourth-order valence-corrected chi connectivity index (χ4v) is 3.66. The number of hydrogen-bond donors (Lipinski definition) is 0. The molecular weight excluding hydrogens is 420 g/mol. The Bertz CT molecular complexity index is 1060. The van der Waals surface area contributed by atoms with Gasteiger partial charge in [-0.2, -0.15) is 8.42 Å². The third-order valence-corrected chi connectivity index (χ3v) is 5.09. The number of rotatable bonds is 5. The highest BCUT2D eigenvalue weighted by Crippen LogP contribution is 2.30. The quantitative estimate of drug-likeness (QED) is 0.451. The lowest BCUT2D eigenvalue weighted by atomic mass is 10.2. The molecule has 0 fully saturated rings. The van der Waals surface area contributed by atoms with Gasteiger partial charge in [0, 0.05) is 24.1 Å². The van der Waals surface area contributed by atoms with Crippen LogP contribution in [0, 0.1) is 0 Å². The highest BCUT2D eigenvalue weighted by atomic mass is 79.9. The largest absolute Gasteiger partial charge is 0.416 e. The molecule has 1 heterocycles. The van der Waals surface area contributed by atoms with Crippen LogP contribution in [0.25, 0.3) is 22.9 Å². The van der Waals surface area contributed by atoms with Crippen molar-refractivity contribution in [2.24, 2.45) is 4.40 Å². The Morgan fingerprint density at radius 1 is 1.08 bits per heavy atom. The van der Waals surface area contributed by atoms with Crippen molar-refractivity contribution >= 4 is 32.3 Å². The molecule has 0 amide bonds. The number of hydrogen-bond acceptors (Lipinski definition) is 5. The summed E-state index contributed by atoms with van der Waals surface area (Å²) in [6.07, 6.45) is 1.23. The summed E-state index contributed by atoms with van der Waals surface area (Å²) in [4.78, 5) is 1.54. The standard InChI is InChI=1S/C17H15BrN4O3S/c1-22(2)11-19-26(23,24)15-9-4-3-8-14(15)17-21-20-16(25-17)12-6-5-7-13(18)10-12/h3-11H,1-2H3. The van der Waals surface area contributed by atoms with Gasteiger partial charge in [0.25, 0.3) is 10.0 Å². The van der Waals surface area contributed by atoms with Gasteiger partial charge in [-0.1, -0.05) is 34.1 Å². The summed E-state index contributed by atoms with van der Waals surface area (Å²) < 4.78 is 35.3. The summed E-state index contributed by atoms with van der Waals surface area (Å²) in [5, 5.41) is 8.03. The van der Waals surface area contributed by atoms with Crippen molar-refractivity contribution in [1.29, 1.82) is 0 Å². The molecule has 2 aromatic carbocycles. The predicted molar refractivity (Wildman–Crippen MR) is 102 cm³/mol. The van der Waals surface area contributed by atoms with Crippen molar-refractivity contribution in [3.05, 3.63) is 53.0 Å². The SMILES string of the molecule is CN(C)C=NS(=O)(=O)c1ccccc1-c1nnc(-c2cccc(Br)c2)o1. The monoisotopic (exact) mass is 434 g/mol. The summed E-state index contributed by atoms with van der Waals surface area (Å²) in [7, 11) is -0.528. The molecule has 7 nitrogen and oxygen atoms in total. The summed E-state index contributed by atoms with van der Waals surface area (Å²) in [6.45, 7) is 0. The average molecular weight is 435 g/mol. The molecule has 0 aliphatic carbocycles. The molecule has 0 bridgehead atoms. The van der Waals surface area contributed by atoms with Gasteiger partial charge < -0.3 is 9.32 Å². The van der Waals surface area contributed by atoms with Crippen molar-refractivity contribution < 1.29 is 12.8 Å². The molecule has 0 aliphatic heterocycles. The second-order valence-corrected chi connectivity index (χ2v) is 8.09. The van der Waals surface area contributed by atoms with E-state index in [0.29, 0.717) is 11.5 Å². The topological polar surface area (TPSA) is 88.7 Å². The van der Waals surface area contributed by atoms with Gasteiger partial charge >= 0.3 is 0 Å². The molecule has 134 valence electrons. The first-order chi connectivity index (χ1) is 12.4. The molecule has 0 radical (unpaired) electrons. The first kappa shape index (κ1) is 18.3. The van der Waals surface area contributed by atoms with Gasteiger partial charge in [0.2, 0.25) is 11.8 Å². The average Bonchev–Trinajstić information content (AvgIpc) is 3.10. The van der Waals surface area contributed by atoms with Gasteiger partial charge in [-0.25, -0.2) is 0 Å². The van der Waals surface area contributed by atoms with E-state index < -0.39 is 10.0 Å². The molecule has 3 rings (SSSR count). The Kier molecular flexibility index (Phi) is 5.19. The van der Waals surface area contributed by atoms with Gasteiger partial charge in [-0.15, -0.1) is 14.6 Å². The highest BCUT2D eigenvalue weighted by Gasteiger charge is 2.22. The highest BCUT2D eigenvalue weighted by molar-refractivity contribution is 9.10. The molecule has 1 aromatic heterocycles. The predicted octanol–water partition coefficient (Wildman–Crippen LogP) is 3.44. The van der Waals surface area contributed by atoms with Gasteiger partial charge in [0.15, 0.2) is 0 Å². The molecular formula is C17H15BrN4O3S. The third kappa shape index (κ3) is 4.00. The third-order valence-electron chi connectivity index (χ3n) is 3.31. The second kappa shape index (κ2) is 7.38. The van der Waals surface area contributed by atoms with Crippen molar-refractivity contribution in [3.8, 4) is 22.9 Å². The fraction of sp³-hybridized carbons (Fsp3) is 0.118. The normalized spacial score (nSPS) is 11.8. The van der Waals surface area contributed by atoms with Gasteiger partial charge in [-0.05, 0) is 30.3 Å². The van der Waals surface area contributed by atoms with Crippen LogP contribution >= 0.6 is 15.9 Å². The van der Waals surface area contributed by atoms with Gasteiger partial charge in [-0.3, -0.25) is 0 Å². The number of benzene rings is 2. The minimum absolute atomic E-state index is 0.00235. The number of aromatic nitrogens is 2. The van der Waals surface area contributed by atoms with Crippen LogP contribution in [0.5, 0.6) is 0 Å². The van der Waals surface area contributed by atoms with Gasteiger partial charge in [0.1, 0.15) is 11.2 Å². The molecule has 9 heteroatoms. The first-order valence-corrected chi connectivity index (χ1v) is 9.76. The van der Waals surface area contributed by atoms with Crippen molar-refractivity contribution in [2.45, 2.75) is 4.90 Å². The zero-order chi connectivity index (χ0) is 18.7. The molecule has 0 saturated carbocycles. The lowest BCUT2D eigenvalue weighted by Crippen LogP contribution is -2.10. The maximum atomic E-state index is 12.5. The van der Waals surface area contributed by atoms with Gasteiger partial charge in [0.05, 0.1) is 5.56 Å². The van der Waals surface area contributed by atoms with Crippen LogP contribution in [-0.2, 0) is 10.0 Å². The van der Waals surface area contributed by atoms with Crippen LogP contribution in [0.2, 0.25) is 0 Å². The van der Waals surface area contributed by atoms with E-state index in [9.17, 15) is 8.42 Å². The summed E-state index contributed by atoms with van der Waals surface area (Å²) in [5.74, 6) is 0.407. The van der Waals surface area contributed by atoms with E-state index in [-0.39, 0.29) is 10.8 Å². The van der Waals surface area contributed by atoms with E-state index >= 15 is 0 Å². The van der Waals surface area contributed by atoms with E-state index in [0.717, 1.165) is 10.0 Å². The second-order valence-electron chi connectivity index (χ2n) is 5.58. The van der Waals surface area contributed by atoms with Crippen LogP contribution < -0.4 is 0 Å². The Balaban J connectivity index is 2.04. The molecule has 0 atom stereocenters. The smallest absolute Gasteiger partial charge is 0.284 e. The number of sulfonamides is 1. The first-order valence-electron chi connectivity index (χ1n) is 7.52. The number of halogens is 1. The summed E-state index contributed by atoms with van der Waals surface area (Å²) in [5.41, 5.74) is 1.03. The Hall–Kier alpha value is -2.52. The minimum Gasteiger partial charge on any atom is -0.416 e. The molecule has 0 saturated heterocycles. The van der Waals surface area contributed by atoms with Crippen LogP contribution in [0.4, 0.5) is 0 Å². The molecule has 0 N–H and O–H groups in total. The lowest BCUT2D eigenvalue weighted by molar-refractivity contribution is 0.578. The number of nitrogens with zero attached hydrogens (tertiary/aromatic N) is 4. The molecule has 0 unspecified atom stereocenters. The van der Waals surface area contributed by atoms with Crippen LogP contribution in [0.3, 0.4) is 0 Å². The zero-order valence-corrected chi connectivity index (χ0v) is 16.4. The van der Waals surface area contributed by atoms with E-state index in [4.69, 9.17) is 4.42 Å². The van der Waals surface area contributed by atoms with E-state index in [1.165, 1.54) is 17.3 Å². The maximum Gasteiger partial charge on any atom is 0.284 e.